The molecule has 2 aliphatic heterocycles. The number of rotatable bonds is 5. The highest BCUT2D eigenvalue weighted by Gasteiger charge is 2.47. The zero-order chi connectivity index (χ0) is 32.4. The number of imidazole rings is 1. The van der Waals surface area contributed by atoms with E-state index in [0.29, 0.717) is 11.2 Å². The number of aromatic nitrogens is 4. The van der Waals surface area contributed by atoms with Crippen LogP contribution in [0.4, 0.5) is 5.82 Å². The summed E-state index contributed by atoms with van der Waals surface area (Å²) in [5, 5.41) is 9.12. The molecular formula is C37H46N8. The summed E-state index contributed by atoms with van der Waals surface area (Å²) >= 11 is 0. The van der Waals surface area contributed by atoms with Crippen LogP contribution < -0.4 is 5.73 Å². The first-order chi connectivity index (χ1) is 22.1. The number of nitrogens with two attached hydrogens (primary N) is 1. The van der Waals surface area contributed by atoms with Crippen LogP contribution in [0, 0.1) is 16.9 Å². The second-order valence-corrected chi connectivity index (χ2v) is 10.7. The topological polar surface area (TPSA) is 99.9 Å². The van der Waals surface area contributed by atoms with Crippen LogP contribution in [0.2, 0.25) is 0 Å². The number of benzene rings is 2. The van der Waals surface area contributed by atoms with E-state index in [1.165, 1.54) is 5.56 Å². The maximum absolute atomic E-state index is 9.12. The number of hydrogen-bond acceptors (Lipinski definition) is 7. The van der Waals surface area contributed by atoms with Crippen molar-refractivity contribution >= 4 is 17.0 Å². The van der Waals surface area contributed by atoms with Gasteiger partial charge < -0.3 is 10.6 Å². The molecule has 8 heteroatoms. The van der Waals surface area contributed by atoms with Crippen molar-refractivity contribution in [3.8, 4) is 34.5 Å². The zero-order valence-corrected chi connectivity index (χ0v) is 27.5. The molecule has 0 unspecified atom stereocenters. The number of anilines is 1. The van der Waals surface area contributed by atoms with Gasteiger partial charge in [-0.1, -0.05) is 84.0 Å². The van der Waals surface area contributed by atoms with Gasteiger partial charge in [0, 0.05) is 49.0 Å². The first-order valence-corrected chi connectivity index (χ1v) is 16.2. The number of nitrogens with zero attached hydrogens (tertiary/aromatic N) is 7. The minimum absolute atomic E-state index is 0.298. The third-order valence-corrected chi connectivity index (χ3v) is 7.97. The summed E-state index contributed by atoms with van der Waals surface area (Å²) in [7, 11) is 0. The summed E-state index contributed by atoms with van der Waals surface area (Å²) in [5.41, 5.74) is 13.1. The fraction of sp³-hybridized carbons (Fsp3) is 0.351. The third-order valence-electron chi connectivity index (χ3n) is 7.97. The van der Waals surface area contributed by atoms with E-state index in [0.717, 1.165) is 78.6 Å². The summed E-state index contributed by atoms with van der Waals surface area (Å²) in [4.78, 5) is 18.7. The second-order valence-electron chi connectivity index (χ2n) is 10.7. The van der Waals surface area contributed by atoms with E-state index in [2.05, 4.69) is 57.0 Å². The van der Waals surface area contributed by atoms with Crippen molar-refractivity contribution in [2.75, 3.05) is 31.9 Å². The average Bonchev–Trinajstić information content (AvgIpc) is 3.69. The quantitative estimate of drug-likeness (QED) is 0.205. The molecule has 2 aliphatic rings. The van der Waals surface area contributed by atoms with Crippen LogP contribution in [0.25, 0.3) is 39.5 Å². The van der Waals surface area contributed by atoms with Crippen LogP contribution in [0.3, 0.4) is 0 Å². The number of nitriles is 1. The fourth-order valence-electron chi connectivity index (χ4n) is 6.02. The monoisotopic (exact) mass is 602 g/mol. The van der Waals surface area contributed by atoms with E-state index in [4.69, 9.17) is 21.0 Å². The third kappa shape index (κ3) is 7.00. The minimum atomic E-state index is 0.298. The van der Waals surface area contributed by atoms with Crippen molar-refractivity contribution in [2.24, 2.45) is 5.41 Å². The van der Waals surface area contributed by atoms with Crippen LogP contribution in [0.5, 0.6) is 0 Å². The van der Waals surface area contributed by atoms with Gasteiger partial charge in [-0.05, 0) is 54.9 Å². The Balaban J connectivity index is 0.000000727. The van der Waals surface area contributed by atoms with Crippen molar-refractivity contribution < 1.29 is 0 Å². The molecule has 0 bridgehead atoms. The predicted molar refractivity (Wildman–Crippen MR) is 186 cm³/mol. The van der Waals surface area contributed by atoms with Crippen molar-refractivity contribution in [2.45, 2.75) is 54.5 Å². The van der Waals surface area contributed by atoms with Crippen molar-refractivity contribution in [1.29, 1.82) is 5.26 Å². The van der Waals surface area contributed by atoms with Gasteiger partial charge in [0.2, 0.25) is 0 Å². The Morgan fingerprint density at radius 1 is 0.822 bits per heavy atom. The minimum Gasteiger partial charge on any atom is -0.383 e. The van der Waals surface area contributed by atoms with Gasteiger partial charge in [0.25, 0.3) is 0 Å². The fourth-order valence-corrected chi connectivity index (χ4v) is 6.02. The Morgan fingerprint density at radius 3 is 2.20 bits per heavy atom. The molecule has 2 fully saturated rings. The van der Waals surface area contributed by atoms with E-state index < -0.39 is 0 Å². The summed E-state index contributed by atoms with van der Waals surface area (Å²) in [6, 6.07) is 26.7. The molecule has 3 aromatic heterocycles. The van der Waals surface area contributed by atoms with Crippen LogP contribution in [0.15, 0.2) is 85.1 Å². The molecule has 2 N–H and O–H groups in total. The number of hydrogen-bond donors (Lipinski definition) is 1. The van der Waals surface area contributed by atoms with E-state index in [-0.39, 0.29) is 0 Å². The van der Waals surface area contributed by atoms with Crippen molar-refractivity contribution in [3.63, 3.8) is 0 Å². The molecule has 7 rings (SSSR count). The Labute approximate surface area is 268 Å². The summed E-state index contributed by atoms with van der Waals surface area (Å²) < 4.78 is 2.08. The number of pyridine rings is 2. The van der Waals surface area contributed by atoms with E-state index in [1.54, 1.807) is 6.20 Å². The Kier molecular flexibility index (Phi) is 11.3. The molecule has 5 aromatic rings. The van der Waals surface area contributed by atoms with E-state index in [1.807, 2.05) is 88.9 Å². The molecule has 0 amide bonds. The van der Waals surface area contributed by atoms with Gasteiger partial charge in [-0.3, -0.25) is 9.47 Å². The first-order valence-electron chi connectivity index (χ1n) is 16.2. The largest absolute Gasteiger partial charge is 0.383 e. The normalized spacial score (nSPS) is 14.6. The van der Waals surface area contributed by atoms with Gasteiger partial charge in [0.1, 0.15) is 11.3 Å². The van der Waals surface area contributed by atoms with Gasteiger partial charge in [0.15, 0.2) is 17.7 Å². The van der Waals surface area contributed by atoms with Crippen LogP contribution in [-0.2, 0) is 6.54 Å². The van der Waals surface area contributed by atoms with E-state index in [9.17, 15) is 0 Å². The van der Waals surface area contributed by atoms with Gasteiger partial charge in [-0.2, -0.15) is 5.26 Å². The Morgan fingerprint density at radius 2 is 1.53 bits per heavy atom. The van der Waals surface area contributed by atoms with Gasteiger partial charge >= 0.3 is 0 Å². The summed E-state index contributed by atoms with van der Waals surface area (Å²) in [5.74, 6) is 1.15. The molecule has 0 aliphatic carbocycles. The molecule has 234 valence electrons. The Hall–Kier alpha value is -4.74. The molecule has 2 aromatic carbocycles. The SMILES string of the molecule is CC.CC.CC.N#CN1CC2(CCN(Cc3ccc(-n4c(-c5cccnc5N)nc5ccc(-c6ccccc6)nc54)cc3)C2)C1. The summed E-state index contributed by atoms with van der Waals surface area (Å²) in [6.07, 6.45) is 5.13. The lowest BCUT2D eigenvalue weighted by Crippen LogP contribution is -2.55. The van der Waals surface area contributed by atoms with Crippen molar-refractivity contribution in [1.82, 2.24) is 29.3 Å². The lowest BCUT2D eigenvalue weighted by atomic mass is 9.79. The predicted octanol–water partition coefficient (Wildman–Crippen LogP) is 7.80. The zero-order valence-electron chi connectivity index (χ0n) is 27.5. The lowest BCUT2D eigenvalue weighted by Gasteiger charge is -2.45. The molecular weight excluding hydrogens is 556 g/mol. The molecule has 0 saturated carbocycles. The Bertz CT molecular complexity index is 1700. The number of fused-ring (bicyclic) bond motifs is 1. The molecule has 8 nitrogen and oxygen atoms in total. The van der Waals surface area contributed by atoms with Crippen LogP contribution >= 0.6 is 0 Å². The van der Waals surface area contributed by atoms with Gasteiger partial charge in [-0.15, -0.1) is 0 Å². The highest BCUT2D eigenvalue weighted by atomic mass is 15.3. The van der Waals surface area contributed by atoms with Crippen LogP contribution in [0.1, 0.15) is 53.5 Å². The maximum Gasteiger partial charge on any atom is 0.179 e. The molecule has 5 heterocycles. The molecule has 0 atom stereocenters. The van der Waals surface area contributed by atoms with E-state index >= 15 is 0 Å². The summed E-state index contributed by atoms with van der Waals surface area (Å²) in [6.45, 7) is 16.8. The molecule has 2 saturated heterocycles. The molecule has 45 heavy (non-hydrogen) atoms. The highest BCUT2D eigenvalue weighted by Crippen LogP contribution is 2.39. The number of likely N-dealkylation sites (tertiary alicyclic amines) is 2. The van der Waals surface area contributed by atoms with Crippen molar-refractivity contribution in [3.05, 3.63) is 90.6 Å². The maximum atomic E-state index is 9.12. The van der Waals surface area contributed by atoms with Gasteiger partial charge in [0.05, 0.1) is 11.3 Å². The standard InChI is InChI=1S/C31H28N8.3C2H6/c32-21-38-19-31(20-38)14-16-37(18-31)17-22-8-10-24(11-9-22)39-29(25-7-4-15-34-28(25)33)36-27-13-12-26(35-30(27)39)23-5-2-1-3-6-23;3*1-2/h1-13,15H,14,16-20H2,(H2,33,34);3*1-2H3. The first kappa shape index (κ1) is 33.2. The molecule has 1 spiro atoms. The number of nitrogen functional groups attached to an aromatic ring is 1. The van der Waals surface area contributed by atoms with Crippen LogP contribution in [-0.4, -0.2) is 55.5 Å². The highest BCUT2D eigenvalue weighted by molar-refractivity contribution is 5.84. The second kappa shape index (κ2) is 15.3. The smallest absolute Gasteiger partial charge is 0.179 e. The molecule has 0 radical (unpaired) electrons. The lowest BCUT2D eigenvalue weighted by molar-refractivity contribution is 0.0550. The van der Waals surface area contributed by atoms with Gasteiger partial charge in [-0.25, -0.2) is 15.0 Å². The average molecular weight is 603 g/mol.